The van der Waals surface area contributed by atoms with Gasteiger partial charge in [0, 0.05) is 25.9 Å². The molecular weight excluding hydrogens is 212 g/mol. The van der Waals surface area contributed by atoms with Gasteiger partial charge in [0.1, 0.15) is 0 Å². The summed E-state index contributed by atoms with van der Waals surface area (Å²) in [7, 11) is 1.63. The van der Waals surface area contributed by atoms with Crippen LogP contribution in [0.25, 0.3) is 0 Å². The molecule has 16 heavy (non-hydrogen) atoms. The highest BCUT2D eigenvalue weighted by atomic mass is 16.5. The number of carboxylic acid groups (broad SMARTS) is 1. The Labute approximate surface area is 96.0 Å². The maximum absolute atomic E-state index is 10.4. The van der Waals surface area contributed by atoms with Crippen molar-refractivity contribution in [1.29, 1.82) is 0 Å². The van der Waals surface area contributed by atoms with Gasteiger partial charge in [-0.2, -0.15) is 0 Å². The molecule has 0 aromatic rings. The number of carbonyl (C=O) groups is 1. The van der Waals surface area contributed by atoms with Crippen LogP contribution < -0.4 is 0 Å². The van der Waals surface area contributed by atoms with Crippen LogP contribution in [0.2, 0.25) is 0 Å². The van der Waals surface area contributed by atoms with Crippen LogP contribution in [-0.2, 0) is 19.0 Å². The average Bonchev–Trinajstić information content (AvgIpc) is 2.26. The topological polar surface area (TPSA) is 65.0 Å². The highest BCUT2D eigenvalue weighted by Gasteiger charge is 1.97. The van der Waals surface area contributed by atoms with Gasteiger partial charge in [0.15, 0.2) is 0 Å². The van der Waals surface area contributed by atoms with Gasteiger partial charge in [-0.15, -0.1) is 0 Å². The molecule has 0 aliphatic heterocycles. The summed E-state index contributed by atoms with van der Waals surface area (Å²) in [5.74, 6) is -0.911. The van der Waals surface area contributed by atoms with E-state index in [1.165, 1.54) is 0 Å². The van der Waals surface area contributed by atoms with Gasteiger partial charge in [-0.25, -0.2) is 4.79 Å². The summed E-state index contributed by atoms with van der Waals surface area (Å²) < 4.78 is 15.3. The fraction of sp³-hybridized carbons (Fsp3) is 0.727. The van der Waals surface area contributed by atoms with Crippen LogP contribution in [0.5, 0.6) is 0 Å². The minimum atomic E-state index is -0.911. The number of ether oxygens (including phenoxy) is 3. The van der Waals surface area contributed by atoms with Crippen LogP contribution >= 0.6 is 0 Å². The zero-order valence-corrected chi connectivity index (χ0v) is 9.90. The van der Waals surface area contributed by atoms with E-state index in [4.69, 9.17) is 19.3 Å². The summed E-state index contributed by atoms with van der Waals surface area (Å²) in [6.45, 7) is 4.26. The summed E-state index contributed by atoms with van der Waals surface area (Å²) in [4.78, 5) is 10.4. The number of hydrogen-bond acceptors (Lipinski definition) is 4. The van der Waals surface area contributed by atoms with Crippen molar-refractivity contribution in [3.05, 3.63) is 11.6 Å². The van der Waals surface area contributed by atoms with E-state index < -0.39 is 5.97 Å². The largest absolute Gasteiger partial charge is 0.478 e. The van der Waals surface area contributed by atoms with Gasteiger partial charge in [0.2, 0.25) is 0 Å². The molecule has 0 atom stereocenters. The third-order valence-electron chi connectivity index (χ3n) is 1.85. The molecule has 0 aromatic carbocycles. The molecule has 0 fully saturated rings. The molecule has 0 saturated heterocycles. The van der Waals surface area contributed by atoms with Crippen LogP contribution in [0.3, 0.4) is 0 Å². The van der Waals surface area contributed by atoms with Crippen LogP contribution in [0.1, 0.15) is 13.3 Å². The summed E-state index contributed by atoms with van der Waals surface area (Å²) in [6.07, 6.45) is 2.35. The second kappa shape index (κ2) is 10.6. The van der Waals surface area contributed by atoms with Crippen molar-refractivity contribution in [3.63, 3.8) is 0 Å². The van der Waals surface area contributed by atoms with Crippen LogP contribution in [0, 0.1) is 0 Å². The predicted octanol–water partition coefficient (Wildman–Crippen LogP) is 1.09. The first-order chi connectivity index (χ1) is 7.68. The minimum Gasteiger partial charge on any atom is -0.478 e. The normalized spacial score (nSPS) is 11.8. The lowest BCUT2D eigenvalue weighted by atomic mass is 10.3. The van der Waals surface area contributed by atoms with Crippen molar-refractivity contribution in [2.75, 3.05) is 40.1 Å². The molecule has 0 saturated carbocycles. The van der Waals surface area contributed by atoms with E-state index in [1.54, 1.807) is 20.1 Å². The van der Waals surface area contributed by atoms with Gasteiger partial charge in [-0.1, -0.05) is 0 Å². The first kappa shape index (κ1) is 15.1. The SMILES string of the molecule is COCCOCCCOC/C=C(/C)C(=O)O. The van der Waals surface area contributed by atoms with Crippen molar-refractivity contribution < 1.29 is 24.1 Å². The number of carboxylic acids is 1. The lowest BCUT2D eigenvalue weighted by molar-refractivity contribution is -0.132. The van der Waals surface area contributed by atoms with Gasteiger partial charge >= 0.3 is 5.97 Å². The predicted molar refractivity (Wildman–Crippen MR) is 59.5 cm³/mol. The molecule has 0 rings (SSSR count). The van der Waals surface area contributed by atoms with E-state index in [-0.39, 0.29) is 0 Å². The number of rotatable bonds is 10. The van der Waals surface area contributed by atoms with Gasteiger partial charge in [-0.05, 0) is 19.4 Å². The lowest BCUT2D eigenvalue weighted by Gasteiger charge is -2.03. The quantitative estimate of drug-likeness (QED) is 0.451. The van der Waals surface area contributed by atoms with Crippen molar-refractivity contribution >= 4 is 5.97 Å². The minimum absolute atomic E-state index is 0.302. The molecule has 0 radical (unpaired) electrons. The summed E-state index contributed by atoms with van der Waals surface area (Å²) in [5, 5.41) is 8.55. The van der Waals surface area contributed by atoms with E-state index >= 15 is 0 Å². The first-order valence-corrected chi connectivity index (χ1v) is 5.23. The van der Waals surface area contributed by atoms with E-state index in [2.05, 4.69) is 0 Å². The molecule has 0 aliphatic carbocycles. The van der Waals surface area contributed by atoms with Crippen LogP contribution in [0.4, 0.5) is 0 Å². The molecule has 0 bridgehead atoms. The summed E-state index contributed by atoms with van der Waals surface area (Å²) in [5.41, 5.74) is 0.302. The van der Waals surface area contributed by atoms with E-state index in [1.807, 2.05) is 0 Å². The van der Waals surface area contributed by atoms with Crippen LogP contribution in [0.15, 0.2) is 11.6 Å². The highest BCUT2D eigenvalue weighted by molar-refractivity contribution is 5.85. The standard InChI is InChI=1S/C11H20O5/c1-10(11(12)13)4-7-15-5-3-6-16-9-8-14-2/h4H,3,5-9H2,1-2H3,(H,12,13)/b10-4-. The average molecular weight is 232 g/mol. The molecule has 0 aliphatic rings. The molecule has 0 spiro atoms. The zero-order valence-electron chi connectivity index (χ0n) is 9.90. The Balaban J connectivity index is 3.21. The Hall–Kier alpha value is -0.910. The molecule has 0 unspecified atom stereocenters. The maximum Gasteiger partial charge on any atom is 0.331 e. The molecule has 5 heteroatoms. The van der Waals surface area contributed by atoms with Gasteiger partial charge in [-0.3, -0.25) is 0 Å². The van der Waals surface area contributed by atoms with Crippen LogP contribution in [-0.4, -0.2) is 51.2 Å². The van der Waals surface area contributed by atoms with Crippen molar-refractivity contribution in [2.24, 2.45) is 0 Å². The molecule has 0 aromatic heterocycles. The molecule has 5 nitrogen and oxygen atoms in total. The third-order valence-corrected chi connectivity index (χ3v) is 1.85. The highest BCUT2D eigenvalue weighted by Crippen LogP contribution is 1.93. The smallest absolute Gasteiger partial charge is 0.331 e. The second-order valence-electron chi connectivity index (χ2n) is 3.23. The van der Waals surface area contributed by atoms with Gasteiger partial charge in [0.25, 0.3) is 0 Å². The molecule has 0 amide bonds. The lowest BCUT2D eigenvalue weighted by Crippen LogP contribution is -2.06. The first-order valence-electron chi connectivity index (χ1n) is 5.23. The van der Waals surface area contributed by atoms with Crippen molar-refractivity contribution in [2.45, 2.75) is 13.3 Å². The molecule has 94 valence electrons. The van der Waals surface area contributed by atoms with Crippen molar-refractivity contribution in [3.8, 4) is 0 Å². The molecule has 0 heterocycles. The maximum atomic E-state index is 10.4. The second-order valence-corrected chi connectivity index (χ2v) is 3.23. The zero-order chi connectivity index (χ0) is 12.2. The summed E-state index contributed by atoms with van der Waals surface area (Å²) in [6, 6.07) is 0. The van der Waals surface area contributed by atoms with E-state index in [0.717, 1.165) is 6.42 Å². The Morgan fingerprint density at radius 2 is 1.88 bits per heavy atom. The van der Waals surface area contributed by atoms with E-state index in [0.29, 0.717) is 38.6 Å². The number of hydrogen-bond donors (Lipinski definition) is 1. The Morgan fingerprint density at radius 3 is 2.50 bits per heavy atom. The fourth-order valence-electron chi connectivity index (χ4n) is 0.862. The third kappa shape index (κ3) is 9.64. The number of methoxy groups -OCH3 is 1. The van der Waals surface area contributed by atoms with Gasteiger partial charge in [0.05, 0.1) is 19.8 Å². The Morgan fingerprint density at radius 1 is 1.19 bits per heavy atom. The van der Waals surface area contributed by atoms with Gasteiger partial charge < -0.3 is 19.3 Å². The number of aliphatic carboxylic acids is 1. The summed E-state index contributed by atoms with van der Waals surface area (Å²) >= 11 is 0. The Kier molecular flexibility index (Phi) is 10.00. The fourth-order valence-corrected chi connectivity index (χ4v) is 0.862. The Bertz CT molecular complexity index is 212. The molecular formula is C11H20O5. The molecule has 1 N–H and O–H groups in total. The monoisotopic (exact) mass is 232 g/mol. The van der Waals surface area contributed by atoms with Crippen molar-refractivity contribution in [1.82, 2.24) is 0 Å². The van der Waals surface area contributed by atoms with E-state index in [9.17, 15) is 4.79 Å².